The molecule has 0 saturated carbocycles. The second-order valence-corrected chi connectivity index (χ2v) is 2.20. The van der Waals surface area contributed by atoms with E-state index in [0.717, 1.165) is 0 Å². The highest BCUT2D eigenvalue weighted by Gasteiger charge is 2.42. The minimum atomic E-state index is -4.28. The number of halogens is 4. The van der Waals surface area contributed by atoms with Gasteiger partial charge in [0, 0.05) is 0 Å². The van der Waals surface area contributed by atoms with Crippen LogP contribution >= 0.6 is 12.6 Å². The molecule has 12 heavy (non-hydrogen) atoms. The maximum Gasteiger partial charge on any atom is 0.340 e. The summed E-state index contributed by atoms with van der Waals surface area (Å²) in [5.74, 6) is -5.75. The van der Waals surface area contributed by atoms with Crippen molar-refractivity contribution in [2.45, 2.75) is 12.3 Å². The quantitative estimate of drug-likeness (QED) is 0.427. The number of alkyl halides is 4. The minimum absolute atomic E-state index is 0.417. The highest BCUT2D eigenvalue weighted by Crippen LogP contribution is 2.22. The molecule has 0 spiro atoms. The highest BCUT2D eigenvalue weighted by atomic mass is 32.1. The fourth-order valence-corrected chi connectivity index (χ4v) is 0.377. The minimum Gasteiger partial charge on any atom is -0.458 e. The predicted molar refractivity (Wildman–Crippen MR) is 35.8 cm³/mol. The third-order valence-corrected chi connectivity index (χ3v) is 1.13. The molecule has 0 aromatic heterocycles. The summed E-state index contributed by atoms with van der Waals surface area (Å²) in [4.78, 5) is 10.2. The van der Waals surface area contributed by atoms with Gasteiger partial charge in [-0.1, -0.05) is 0 Å². The molecule has 0 aromatic carbocycles. The number of thiol groups is 1. The summed E-state index contributed by atoms with van der Waals surface area (Å²) in [6.07, 6.45) is -3.83. The van der Waals surface area contributed by atoms with Gasteiger partial charge in [0.2, 0.25) is 0 Å². The largest absolute Gasteiger partial charge is 0.458 e. The number of ether oxygens (including phenoxy) is 1. The maximum absolute atomic E-state index is 12.0. The van der Waals surface area contributed by atoms with Crippen LogP contribution in [0.1, 0.15) is 0 Å². The van der Waals surface area contributed by atoms with E-state index in [-0.39, 0.29) is 0 Å². The van der Waals surface area contributed by atoms with Crippen LogP contribution in [-0.2, 0) is 9.53 Å². The van der Waals surface area contributed by atoms with Gasteiger partial charge in [0.05, 0.1) is 5.75 Å². The summed E-state index contributed by atoms with van der Waals surface area (Å²) in [5, 5.41) is 0. The first kappa shape index (κ1) is 11.5. The number of hydrogen-bond donors (Lipinski definition) is 1. The van der Waals surface area contributed by atoms with Gasteiger partial charge >= 0.3 is 18.3 Å². The van der Waals surface area contributed by atoms with E-state index < -0.39 is 30.7 Å². The number of rotatable bonds is 4. The number of carbonyl (C=O) groups is 1. The first-order chi connectivity index (χ1) is 5.40. The van der Waals surface area contributed by atoms with Crippen LogP contribution in [0.3, 0.4) is 0 Å². The van der Waals surface area contributed by atoms with Crippen LogP contribution in [0, 0.1) is 0 Å². The molecule has 0 rings (SSSR count). The maximum atomic E-state index is 12.0. The predicted octanol–water partition coefficient (Wildman–Crippen LogP) is 1.36. The molecule has 0 atom stereocenters. The third kappa shape index (κ3) is 3.80. The number of esters is 1. The van der Waals surface area contributed by atoms with Gasteiger partial charge in [-0.05, 0) is 0 Å². The smallest absolute Gasteiger partial charge is 0.340 e. The van der Waals surface area contributed by atoms with E-state index in [9.17, 15) is 22.4 Å². The van der Waals surface area contributed by atoms with Crippen LogP contribution in [0.15, 0.2) is 0 Å². The van der Waals surface area contributed by atoms with Crippen molar-refractivity contribution in [3.63, 3.8) is 0 Å². The van der Waals surface area contributed by atoms with Crippen LogP contribution < -0.4 is 0 Å². The molecule has 0 aliphatic carbocycles. The fourth-order valence-electron chi connectivity index (χ4n) is 0.285. The Balaban J connectivity index is 3.83. The Morgan fingerprint density at radius 1 is 1.50 bits per heavy atom. The van der Waals surface area contributed by atoms with Crippen LogP contribution in [-0.4, -0.2) is 30.7 Å². The van der Waals surface area contributed by atoms with Gasteiger partial charge in [0.1, 0.15) is 0 Å². The molecule has 0 saturated heterocycles. The third-order valence-electron chi connectivity index (χ3n) is 0.874. The lowest BCUT2D eigenvalue weighted by Crippen LogP contribution is -2.33. The molecule has 0 aliphatic rings. The molecular formula is C5H6F4O2S. The second-order valence-electron chi connectivity index (χ2n) is 1.88. The lowest BCUT2D eigenvalue weighted by Gasteiger charge is -2.14. The Kier molecular flexibility index (Phi) is 4.36. The summed E-state index contributed by atoms with van der Waals surface area (Å²) < 4.78 is 50.6. The van der Waals surface area contributed by atoms with E-state index in [4.69, 9.17) is 0 Å². The van der Waals surface area contributed by atoms with E-state index in [1.165, 1.54) is 0 Å². The Hall–Kier alpha value is -0.460. The highest BCUT2D eigenvalue weighted by molar-refractivity contribution is 7.81. The van der Waals surface area contributed by atoms with Crippen molar-refractivity contribution < 1.29 is 27.1 Å². The zero-order valence-corrected chi connectivity index (χ0v) is 6.66. The zero-order valence-electron chi connectivity index (χ0n) is 5.77. The summed E-state index contributed by atoms with van der Waals surface area (Å²) in [5.41, 5.74) is 0. The first-order valence-electron chi connectivity index (χ1n) is 2.82. The molecule has 0 bridgehead atoms. The van der Waals surface area contributed by atoms with E-state index in [0.29, 0.717) is 0 Å². The molecule has 0 aliphatic heterocycles. The Bertz CT molecular complexity index is 162. The zero-order chi connectivity index (χ0) is 9.78. The average Bonchev–Trinajstić information content (AvgIpc) is 2.00. The Morgan fingerprint density at radius 3 is 2.33 bits per heavy atom. The van der Waals surface area contributed by atoms with Crippen LogP contribution in [0.2, 0.25) is 0 Å². The monoisotopic (exact) mass is 206 g/mol. The lowest BCUT2D eigenvalue weighted by atomic mass is 10.4. The molecule has 0 N–H and O–H groups in total. The molecule has 0 radical (unpaired) electrons. The molecule has 0 aromatic rings. The fraction of sp³-hybridized carbons (Fsp3) is 0.800. The Labute approximate surface area is 71.3 Å². The van der Waals surface area contributed by atoms with Crippen molar-refractivity contribution >= 4 is 18.6 Å². The number of carbonyl (C=O) groups excluding carboxylic acids is 1. The van der Waals surface area contributed by atoms with Crippen molar-refractivity contribution in [3.8, 4) is 0 Å². The van der Waals surface area contributed by atoms with Gasteiger partial charge in [-0.15, -0.1) is 0 Å². The molecule has 0 fully saturated rings. The normalized spacial score (nSPS) is 11.8. The van der Waals surface area contributed by atoms with Crippen molar-refractivity contribution in [1.29, 1.82) is 0 Å². The molecule has 0 heterocycles. The lowest BCUT2D eigenvalue weighted by molar-refractivity contribution is -0.177. The number of hydrogen-bond acceptors (Lipinski definition) is 3. The Morgan fingerprint density at radius 2 is 2.00 bits per heavy atom. The van der Waals surface area contributed by atoms with Gasteiger partial charge in [-0.25, -0.2) is 8.78 Å². The van der Waals surface area contributed by atoms with Crippen molar-refractivity contribution in [2.24, 2.45) is 0 Å². The van der Waals surface area contributed by atoms with E-state index in [1.54, 1.807) is 0 Å². The van der Waals surface area contributed by atoms with Crippen molar-refractivity contribution in [3.05, 3.63) is 0 Å². The van der Waals surface area contributed by atoms with Gasteiger partial charge in [-0.3, -0.25) is 4.79 Å². The molecule has 72 valence electrons. The summed E-state index contributed by atoms with van der Waals surface area (Å²) in [6, 6.07) is 0. The summed E-state index contributed by atoms with van der Waals surface area (Å²) in [6.45, 7) is -1.61. The first-order valence-corrected chi connectivity index (χ1v) is 3.46. The van der Waals surface area contributed by atoms with E-state index in [2.05, 4.69) is 17.4 Å². The second kappa shape index (κ2) is 4.54. The van der Waals surface area contributed by atoms with E-state index in [1.807, 2.05) is 0 Å². The molecule has 0 unspecified atom stereocenters. The van der Waals surface area contributed by atoms with Gasteiger partial charge in [0.15, 0.2) is 6.61 Å². The molecule has 7 heteroatoms. The summed E-state index contributed by atoms with van der Waals surface area (Å²) >= 11 is 3.39. The standard InChI is InChI=1S/C5H6F4O2S/c6-4(7)5(8,9)2-11-3(10)1-12/h4,12H,1-2H2. The van der Waals surface area contributed by atoms with Crippen LogP contribution in [0.25, 0.3) is 0 Å². The van der Waals surface area contributed by atoms with Crippen LogP contribution in [0.5, 0.6) is 0 Å². The molecular weight excluding hydrogens is 200 g/mol. The average molecular weight is 206 g/mol. The van der Waals surface area contributed by atoms with Gasteiger partial charge in [-0.2, -0.15) is 21.4 Å². The molecule has 0 amide bonds. The van der Waals surface area contributed by atoms with Crippen molar-refractivity contribution in [1.82, 2.24) is 0 Å². The van der Waals surface area contributed by atoms with E-state index >= 15 is 0 Å². The van der Waals surface area contributed by atoms with Crippen LogP contribution in [0.4, 0.5) is 17.6 Å². The summed E-state index contributed by atoms with van der Waals surface area (Å²) in [7, 11) is 0. The van der Waals surface area contributed by atoms with Gasteiger partial charge < -0.3 is 4.74 Å². The SMILES string of the molecule is O=C(CS)OCC(F)(F)C(F)F. The van der Waals surface area contributed by atoms with Crippen molar-refractivity contribution in [2.75, 3.05) is 12.4 Å². The molecule has 2 nitrogen and oxygen atoms in total. The topological polar surface area (TPSA) is 26.3 Å². The van der Waals surface area contributed by atoms with Gasteiger partial charge in [0.25, 0.3) is 0 Å².